The molecule has 16 heavy (non-hydrogen) atoms. The van der Waals surface area contributed by atoms with Crippen LogP contribution in [0.2, 0.25) is 0 Å². The number of hydrogen-bond acceptors (Lipinski definition) is 4. The van der Waals surface area contributed by atoms with E-state index in [0.717, 1.165) is 28.9 Å². The minimum atomic E-state index is 0.320. The molecule has 0 saturated carbocycles. The molecule has 0 radical (unpaired) electrons. The Balaban J connectivity index is 2.22. The van der Waals surface area contributed by atoms with Crippen molar-refractivity contribution in [2.45, 2.75) is 18.9 Å². The first-order valence-corrected chi connectivity index (χ1v) is 6.08. The second kappa shape index (κ2) is 3.71. The molecule has 0 spiro atoms. The van der Waals surface area contributed by atoms with Crippen molar-refractivity contribution in [2.75, 3.05) is 12.3 Å². The molecule has 5 nitrogen and oxygen atoms in total. The summed E-state index contributed by atoms with van der Waals surface area (Å²) in [5, 5.41) is 3.43. The van der Waals surface area contributed by atoms with Crippen LogP contribution in [0.15, 0.2) is 17.0 Å². The molecule has 1 saturated heterocycles. The molecular weight excluding hydrogens is 270 g/mol. The van der Waals surface area contributed by atoms with Crippen LogP contribution in [0.4, 0.5) is 5.82 Å². The normalized spacial score (nSPS) is 20.7. The maximum atomic E-state index is 5.85. The first-order valence-electron chi connectivity index (χ1n) is 5.28. The topological polar surface area (TPSA) is 68.2 Å². The van der Waals surface area contributed by atoms with E-state index < -0.39 is 0 Å². The minimum Gasteiger partial charge on any atom is -0.382 e. The molecular formula is C10H12BrN5. The third kappa shape index (κ3) is 1.41. The number of nitrogens with two attached hydrogens (primary N) is 1. The highest BCUT2D eigenvalue weighted by molar-refractivity contribution is 9.10. The predicted molar refractivity (Wildman–Crippen MR) is 65.1 cm³/mol. The number of imidazole rings is 1. The molecule has 1 aliphatic rings. The first kappa shape index (κ1) is 10.0. The van der Waals surface area contributed by atoms with Crippen molar-refractivity contribution in [3.05, 3.63) is 22.8 Å². The summed E-state index contributed by atoms with van der Waals surface area (Å²) in [6.45, 7) is 1.05. The lowest BCUT2D eigenvalue weighted by atomic mass is 10.2. The Bertz CT molecular complexity index is 529. The molecule has 0 amide bonds. The van der Waals surface area contributed by atoms with Crippen LogP contribution in [0.5, 0.6) is 0 Å². The summed E-state index contributed by atoms with van der Waals surface area (Å²) in [5.41, 5.74) is 6.70. The summed E-state index contributed by atoms with van der Waals surface area (Å²) in [7, 11) is 0. The summed E-state index contributed by atoms with van der Waals surface area (Å²) in [6, 6.07) is 0.320. The van der Waals surface area contributed by atoms with Gasteiger partial charge in [-0.3, -0.25) is 4.40 Å². The molecule has 2 aromatic heterocycles. The van der Waals surface area contributed by atoms with Crippen molar-refractivity contribution in [2.24, 2.45) is 0 Å². The molecule has 0 bridgehead atoms. The van der Waals surface area contributed by atoms with Crippen molar-refractivity contribution in [1.29, 1.82) is 0 Å². The van der Waals surface area contributed by atoms with E-state index in [-0.39, 0.29) is 0 Å². The Labute approximate surface area is 101 Å². The number of halogens is 1. The summed E-state index contributed by atoms with van der Waals surface area (Å²) in [6.07, 6.45) is 5.92. The number of rotatable bonds is 1. The summed E-state index contributed by atoms with van der Waals surface area (Å²) >= 11 is 3.44. The molecule has 1 fully saturated rings. The lowest BCUT2D eigenvalue weighted by Gasteiger charge is -2.08. The van der Waals surface area contributed by atoms with E-state index >= 15 is 0 Å². The maximum absolute atomic E-state index is 5.85. The second-order valence-electron chi connectivity index (χ2n) is 3.94. The quantitative estimate of drug-likeness (QED) is 0.831. The van der Waals surface area contributed by atoms with E-state index in [1.54, 1.807) is 6.20 Å². The minimum absolute atomic E-state index is 0.320. The molecule has 3 heterocycles. The third-order valence-corrected chi connectivity index (χ3v) is 3.49. The van der Waals surface area contributed by atoms with Crippen LogP contribution in [0.1, 0.15) is 24.7 Å². The summed E-state index contributed by atoms with van der Waals surface area (Å²) in [4.78, 5) is 8.60. The highest BCUT2D eigenvalue weighted by Crippen LogP contribution is 2.29. The van der Waals surface area contributed by atoms with Gasteiger partial charge in [-0.1, -0.05) is 0 Å². The van der Waals surface area contributed by atoms with Gasteiger partial charge in [-0.25, -0.2) is 9.97 Å². The highest BCUT2D eigenvalue weighted by Gasteiger charge is 2.23. The fraction of sp³-hybridized carbons (Fsp3) is 0.400. The Hall–Kier alpha value is -1.14. The van der Waals surface area contributed by atoms with Gasteiger partial charge in [-0.05, 0) is 35.3 Å². The van der Waals surface area contributed by atoms with Gasteiger partial charge in [0.25, 0.3) is 0 Å². The molecule has 0 aliphatic carbocycles. The van der Waals surface area contributed by atoms with E-state index in [0.29, 0.717) is 11.9 Å². The monoisotopic (exact) mass is 281 g/mol. The van der Waals surface area contributed by atoms with Crippen LogP contribution >= 0.6 is 15.9 Å². The number of fused-ring (bicyclic) bond motifs is 1. The first-order chi connectivity index (χ1) is 7.77. The largest absolute Gasteiger partial charge is 0.382 e. The second-order valence-corrected chi connectivity index (χ2v) is 4.69. The van der Waals surface area contributed by atoms with Crippen molar-refractivity contribution >= 4 is 27.3 Å². The third-order valence-electron chi connectivity index (χ3n) is 2.94. The molecule has 6 heteroatoms. The van der Waals surface area contributed by atoms with Crippen molar-refractivity contribution in [3.8, 4) is 0 Å². The number of anilines is 1. The molecule has 3 rings (SSSR count). The maximum Gasteiger partial charge on any atom is 0.150 e. The van der Waals surface area contributed by atoms with Gasteiger partial charge in [0.05, 0.1) is 6.04 Å². The Morgan fingerprint density at radius 3 is 3.19 bits per heavy atom. The smallest absolute Gasteiger partial charge is 0.150 e. The molecule has 1 aliphatic heterocycles. The zero-order valence-corrected chi connectivity index (χ0v) is 10.2. The molecule has 1 atom stereocenters. The Morgan fingerprint density at radius 1 is 1.56 bits per heavy atom. The number of hydrogen-bond donors (Lipinski definition) is 2. The standard InChI is InChI=1S/C10H12BrN5/c11-8-7-9(12)14-4-5-16(7)10(15-8)6-2-1-3-13-6/h4-6,13H,1-3H2,(H2,12,14)/t6-/m0/s1. The average Bonchev–Trinajstić information content (AvgIpc) is 2.86. The van der Waals surface area contributed by atoms with Crippen molar-refractivity contribution in [1.82, 2.24) is 19.7 Å². The van der Waals surface area contributed by atoms with Crippen LogP contribution in [-0.4, -0.2) is 20.9 Å². The van der Waals surface area contributed by atoms with Gasteiger partial charge in [0.1, 0.15) is 15.9 Å². The zero-order chi connectivity index (χ0) is 11.1. The van der Waals surface area contributed by atoms with Gasteiger partial charge >= 0.3 is 0 Å². The molecule has 0 aromatic carbocycles. The van der Waals surface area contributed by atoms with E-state index in [2.05, 4.69) is 31.2 Å². The zero-order valence-electron chi connectivity index (χ0n) is 8.65. The highest BCUT2D eigenvalue weighted by atomic mass is 79.9. The SMILES string of the molecule is Nc1nccn2c([C@@H]3CCCN3)nc(Br)c12. The number of nitrogen functional groups attached to an aromatic ring is 1. The van der Waals surface area contributed by atoms with Gasteiger partial charge in [0.2, 0.25) is 0 Å². The lowest BCUT2D eigenvalue weighted by Crippen LogP contribution is -2.15. The fourth-order valence-electron chi connectivity index (χ4n) is 2.19. The number of nitrogens with one attached hydrogen (secondary N) is 1. The van der Waals surface area contributed by atoms with E-state index in [9.17, 15) is 0 Å². The van der Waals surface area contributed by atoms with Gasteiger partial charge in [0.15, 0.2) is 5.82 Å². The van der Waals surface area contributed by atoms with Crippen LogP contribution in [0.25, 0.3) is 5.52 Å². The lowest BCUT2D eigenvalue weighted by molar-refractivity contribution is 0.602. The van der Waals surface area contributed by atoms with Gasteiger partial charge in [-0.15, -0.1) is 0 Å². The molecule has 84 valence electrons. The molecule has 2 aromatic rings. The Kier molecular flexibility index (Phi) is 2.33. The van der Waals surface area contributed by atoms with Crippen molar-refractivity contribution in [3.63, 3.8) is 0 Å². The van der Waals surface area contributed by atoms with Gasteiger partial charge in [0, 0.05) is 12.4 Å². The fourth-order valence-corrected chi connectivity index (χ4v) is 2.77. The van der Waals surface area contributed by atoms with Gasteiger partial charge in [-0.2, -0.15) is 0 Å². The van der Waals surface area contributed by atoms with Crippen LogP contribution in [-0.2, 0) is 0 Å². The van der Waals surface area contributed by atoms with E-state index in [1.165, 1.54) is 6.42 Å². The van der Waals surface area contributed by atoms with Crippen molar-refractivity contribution < 1.29 is 0 Å². The van der Waals surface area contributed by atoms with Gasteiger partial charge < -0.3 is 11.1 Å². The predicted octanol–water partition coefficient (Wildman–Crippen LogP) is 1.50. The summed E-state index contributed by atoms with van der Waals surface area (Å²) in [5.74, 6) is 1.51. The number of nitrogens with zero attached hydrogens (tertiary/aromatic N) is 3. The average molecular weight is 282 g/mol. The molecule has 3 N–H and O–H groups in total. The van der Waals surface area contributed by atoms with Crippen LogP contribution in [0, 0.1) is 0 Å². The molecule has 0 unspecified atom stereocenters. The van der Waals surface area contributed by atoms with Crippen LogP contribution < -0.4 is 11.1 Å². The van der Waals surface area contributed by atoms with E-state index in [4.69, 9.17) is 5.73 Å². The summed E-state index contributed by atoms with van der Waals surface area (Å²) < 4.78 is 2.77. The van der Waals surface area contributed by atoms with E-state index in [1.807, 2.05) is 10.6 Å². The number of aromatic nitrogens is 3. The Morgan fingerprint density at radius 2 is 2.44 bits per heavy atom. The van der Waals surface area contributed by atoms with Crippen LogP contribution in [0.3, 0.4) is 0 Å².